The van der Waals surface area contributed by atoms with E-state index in [4.69, 9.17) is 0 Å². The Morgan fingerprint density at radius 3 is 2.81 bits per heavy atom. The predicted molar refractivity (Wildman–Crippen MR) is 79.6 cm³/mol. The second-order valence-corrected chi connectivity index (χ2v) is 6.31. The molecular formula is C15H17BrFNO3. The maximum Gasteiger partial charge on any atom is 0.311 e. The molecule has 1 heterocycles. The second kappa shape index (κ2) is 6.13. The Morgan fingerprint density at radius 1 is 1.48 bits per heavy atom. The van der Waals surface area contributed by atoms with E-state index >= 15 is 0 Å². The van der Waals surface area contributed by atoms with Crippen molar-refractivity contribution in [2.24, 2.45) is 5.41 Å². The number of piperidine rings is 1. The lowest BCUT2D eigenvalue weighted by molar-refractivity contribution is -0.152. The average Bonchev–Trinajstić information content (AvgIpc) is 2.48. The van der Waals surface area contributed by atoms with Gasteiger partial charge in [-0.3, -0.25) is 9.59 Å². The molecule has 0 radical (unpaired) electrons. The molecule has 1 aromatic rings. The van der Waals surface area contributed by atoms with Crippen molar-refractivity contribution in [3.05, 3.63) is 34.1 Å². The van der Waals surface area contributed by atoms with Gasteiger partial charge in [-0.25, -0.2) is 4.39 Å². The van der Waals surface area contributed by atoms with Gasteiger partial charge < -0.3 is 10.0 Å². The van der Waals surface area contributed by atoms with Gasteiger partial charge in [0.1, 0.15) is 5.82 Å². The van der Waals surface area contributed by atoms with Crippen LogP contribution in [-0.4, -0.2) is 35.0 Å². The topological polar surface area (TPSA) is 57.6 Å². The minimum absolute atomic E-state index is 0.0262. The minimum Gasteiger partial charge on any atom is -0.481 e. The standard InChI is InChI=1S/C15H17BrFNO3/c1-2-15(14(20)21)6-3-7-18(9-15)13(19)11-8-10(16)4-5-12(11)17/h4-5,8H,2-3,6-7,9H2,1H3,(H,20,21). The van der Waals surface area contributed by atoms with Gasteiger partial charge in [-0.05, 0) is 37.5 Å². The summed E-state index contributed by atoms with van der Waals surface area (Å²) in [5.74, 6) is -1.93. The molecule has 1 aliphatic rings. The Bertz CT molecular complexity index is 578. The average molecular weight is 358 g/mol. The molecule has 0 saturated carbocycles. The number of nitrogens with zero attached hydrogens (tertiary/aromatic N) is 1. The Kier molecular flexibility index (Phi) is 4.66. The summed E-state index contributed by atoms with van der Waals surface area (Å²) in [6.45, 7) is 2.39. The summed E-state index contributed by atoms with van der Waals surface area (Å²) in [5, 5.41) is 9.44. The molecule has 21 heavy (non-hydrogen) atoms. The molecule has 1 N–H and O–H groups in total. The quantitative estimate of drug-likeness (QED) is 0.902. The van der Waals surface area contributed by atoms with Crippen molar-refractivity contribution in [1.29, 1.82) is 0 Å². The molecule has 4 nitrogen and oxygen atoms in total. The first-order valence-corrected chi connectivity index (χ1v) is 7.66. The first kappa shape index (κ1) is 15.9. The van der Waals surface area contributed by atoms with Crippen molar-refractivity contribution in [3.63, 3.8) is 0 Å². The zero-order valence-electron chi connectivity index (χ0n) is 11.7. The van der Waals surface area contributed by atoms with E-state index in [0.717, 1.165) is 0 Å². The third kappa shape index (κ3) is 3.10. The number of carbonyl (C=O) groups is 2. The second-order valence-electron chi connectivity index (χ2n) is 5.39. The van der Waals surface area contributed by atoms with E-state index in [1.165, 1.54) is 23.1 Å². The van der Waals surface area contributed by atoms with Crippen molar-refractivity contribution >= 4 is 27.8 Å². The first-order valence-electron chi connectivity index (χ1n) is 6.87. The third-order valence-electron chi connectivity index (χ3n) is 4.15. The van der Waals surface area contributed by atoms with E-state index in [-0.39, 0.29) is 12.1 Å². The molecule has 1 aliphatic heterocycles. The molecular weight excluding hydrogens is 341 g/mol. The van der Waals surface area contributed by atoms with Crippen molar-refractivity contribution in [2.75, 3.05) is 13.1 Å². The molecule has 1 atom stereocenters. The predicted octanol–water partition coefficient (Wildman–Crippen LogP) is 3.31. The highest BCUT2D eigenvalue weighted by molar-refractivity contribution is 9.10. The van der Waals surface area contributed by atoms with Crippen LogP contribution in [0.25, 0.3) is 0 Å². The van der Waals surface area contributed by atoms with Gasteiger partial charge in [0.2, 0.25) is 0 Å². The van der Waals surface area contributed by atoms with Crippen molar-refractivity contribution in [3.8, 4) is 0 Å². The highest BCUT2D eigenvalue weighted by Crippen LogP contribution is 2.34. The Morgan fingerprint density at radius 2 is 2.19 bits per heavy atom. The van der Waals surface area contributed by atoms with E-state index in [1.54, 1.807) is 0 Å². The van der Waals surface area contributed by atoms with Crippen LogP contribution in [0.2, 0.25) is 0 Å². The van der Waals surface area contributed by atoms with E-state index in [1.807, 2.05) is 6.92 Å². The van der Waals surface area contributed by atoms with Crippen molar-refractivity contribution < 1.29 is 19.1 Å². The molecule has 1 amide bonds. The maximum absolute atomic E-state index is 13.8. The molecule has 6 heteroatoms. The van der Waals surface area contributed by atoms with E-state index in [9.17, 15) is 19.1 Å². The number of rotatable bonds is 3. The number of halogens is 2. The summed E-state index contributed by atoms with van der Waals surface area (Å²) >= 11 is 3.22. The fourth-order valence-corrected chi connectivity index (χ4v) is 3.11. The molecule has 1 fully saturated rings. The van der Waals surface area contributed by atoms with Crippen LogP contribution in [0, 0.1) is 11.2 Å². The summed E-state index contributed by atoms with van der Waals surface area (Å²) in [7, 11) is 0. The molecule has 0 aliphatic carbocycles. The molecule has 0 bridgehead atoms. The van der Waals surface area contributed by atoms with Crippen LogP contribution < -0.4 is 0 Å². The molecule has 1 aromatic carbocycles. The van der Waals surface area contributed by atoms with Gasteiger partial charge in [0.15, 0.2) is 0 Å². The van der Waals surface area contributed by atoms with E-state index in [2.05, 4.69) is 15.9 Å². The van der Waals surface area contributed by atoms with Crippen LogP contribution in [0.15, 0.2) is 22.7 Å². The van der Waals surface area contributed by atoms with E-state index in [0.29, 0.717) is 30.3 Å². The van der Waals surface area contributed by atoms with Gasteiger partial charge in [-0.15, -0.1) is 0 Å². The minimum atomic E-state index is -0.920. The smallest absolute Gasteiger partial charge is 0.311 e. The van der Waals surface area contributed by atoms with Crippen LogP contribution in [-0.2, 0) is 4.79 Å². The third-order valence-corrected chi connectivity index (χ3v) is 4.65. The number of carboxylic acids is 1. The highest BCUT2D eigenvalue weighted by atomic mass is 79.9. The van der Waals surface area contributed by atoms with E-state index < -0.39 is 23.1 Å². The maximum atomic E-state index is 13.8. The number of likely N-dealkylation sites (tertiary alicyclic amines) is 1. The normalized spacial score (nSPS) is 22.1. The molecule has 0 spiro atoms. The van der Waals surface area contributed by atoms with Crippen LogP contribution in [0.4, 0.5) is 4.39 Å². The largest absolute Gasteiger partial charge is 0.481 e. The van der Waals surface area contributed by atoms with Gasteiger partial charge in [0.05, 0.1) is 11.0 Å². The van der Waals surface area contributed by atoms with Crippen LogP contribution in [0.1, 0.15) is 36.5 Å². The van der Waals surface area contributed by atoms with Gasteiger partial charge in [0.25, 0.3) is 5.91 Å². The number of carboxylic acid groups (broad SMARTS) is 1. The SMILES string of the molecule is CCC1(C(=O)O)CCCN(C(=O)c2cc(Br)ccc2F)C1. The number of aliphatic carboxylic acids is 1. The number of benzene rings is 1. The highest BCUT2D eigenvalue weighted by Gasteiger charge is 2.42. The molecule has 1 saturated heterocycles. The Hall–Kier alpha value is -1.43. The molecule has 1 unspecified atom stereocenters. The zero-order chi connectivity index (χ0) is 15.6. The van der Waals surface area contributed by atoms with Gasteiger partial charge >= 0.3 is 5.97 Å². The fraction of sp³-hybridized carbons (Fsp3) is 0.467. The number of amides is 1. The zero-order valence-corrected chi connectivity index (χ0v) is 13.3. The Balaban J connectivity index is 2.27. The summed E-state index contributed by atoms with van der Waals surface area (Å²) < 4.78 is 14.4. The van der Waals surface area contributed by atoms with Crippen molar-refractivity contribution in [1.82, 2.24) is 4.90 Å². The lowest BCUT2D eigenvalue weighted by Gasteiger charge is -2.39. The molecule has 0 aromatic heterocycles. The summed E-state index contributed by atoms with van der Waals surface area (Å²) in [6.07, 6.45) is 1.61. The van der Waals surface area contributed by atoms with Gasteiger partial charge in [-0.2, -0.15) is 0 Å². The van der Waals surface area contributed by atoms with Crippen LogP contribution in [0.5, 0.6) is 0 Å². The molecule has 114 valence electrons. The summed E-state index contributed by atoms with van der Waals surface area (Å²) in [6, 6.07) is 4.18. The number of hydrogen-bond acceptors (Lipinski definition) is 2. The summed E-state index contributed by atoms with van der Waals surface area (Å²) in [5.41, 5.74) is -0.946. The lowest BCUT2D eigenvalue weighted by Crippen LogP contribution is -2.49. The van der Waals surface area contributed by atoms with Crippen LogP contribution >= 0.6 is 15.9 Å². The van der Waals surface area contributed by atoms with Crippen LogP contribution in [0.3, 0.4) is 0 Å². The first-order chi connectivity index (χ1) is 9.89. The molecule has 2 rings (SSSR count). The number of carbonyl (C=O) groups excluding carboxylic acids is 1. The summed E-state index contributed by atoms with van der Waals surface area (Å²) in [4.78, 5) is 25.4. The van der Waals surface area contributed by atoms with Crippen molar-refractivity contribution in [2.45, 2.75) is 26.2 Å². The lowest BCUT2D eigenvalue weighted by atomic mass is 9.77. The monoisotopic (exact) mass is 357 g/mol. The number of hydrogen-bond donors (Lipinski definition) is 1. The van der Waals surface area contributed by atoms with Gasteiger partial charge in [0, 0.05) is 17.6 Å². The van der Waals surface area contributed by atoms with Gasteiger partial charge in [-0.1, -0.05) is 22.9 Å². The fourth-order valence-electron chi connectivity index (χ4n) is 2.75. The Labute approximate surface area is 131 Å².